The quantitative estimate of drug-likeness (QED) is 0.334. The molecule has 1 fully saturated rings. The summed E-state index contributed by atoms with van der Waals surface area (Å²) in [7, 11) is 1.46. The smallest absolute Gasteiger partial charge is 0.422 e. The van der Waals surface area contributed by atoms with Gasteiger partial charge in [-0.15, -0.1) is 0 Å². The summed E-state index contributed by atoms with van der Waals surface area (Å²) in [6.07, 6.45) is -2.64. The zero-order chi connectivity index (χ0) is 29.9. The highest BCUT2D eigenvalue weighted by molar-refractivity contribution is 5.86. The van der Waals surface area contributed by atoms with E-state index in [0.717, 1.165) is 0 Å². The first-order valence-corrected chi connectivity index (χ1v) is 13.6. The van der Waals surface area contributed by atoms with Crippen molar-refractivity contribution in [2.75, 3.05) is 26.7 Å². The number of methoxy groups -OCH3 is 1. The molecule has 0 radical (unpaired) electrons. The molecule has 2 aromatic carbocycles. The van der Waals surface area contributed by atoms with Gasteiger partial charge in [0.1, 0.15) is 6.10 Å². The molecule has 2 N–H and O–H groups in total. The number of alkyl halides is 3. The highest BCUT2D eigenvalue weighted by atomic mass is 19.4. The number of likely N-dealkylation sites (tertiary alicyclic amines) is 1. The van der Waals surface area contributed by atoms with Crippen LogP contribution in [0.5, 0.6) is 11.5 Å². The largest absolute Gasteiger partial charge is 0.493 e. The van der Waals surface area contributed by atoms with Crippen molar-refractivity contribution in [1.29, 1.82) is 5.26 Å². The van der Waals surface area contributed by atoms with Crippen LogP contribution in [0.2, 0.25) is 0 Å². The number of ether oxygens (including phenoxy) is 2. The van der Waals surface area contributed by atoms with Gasteiger partial charge >= 0.3 is 12.1 Å². The van der Waals surface area contributed by atoms with E-state index in [1.807, 2.05) is 6.07 Å². The van der Waals surface area contributed by atoms with E-state index in [4.69, 9.17) is 9.47 Å². The Balaban J connectivity index is 1.51. The number of nitrogens with zero attached hydrogens (tertiary/aromatic N) is 3. The topological polar surface area (TPSA) is 108 Å². The maximum Gasteiger partial charge on any atom is 0.422 e. The third-order valence-electron chi connectivity index (χ3n) is 7.84. The molecule has 2 atom stereocenters. The minimum absolute atomic E-state index is 0.235. The number of aryl methyl sites for hydroxylation is 1. The molecule has 1 saturated heterocycles. The minimum atomic E-state index is -4.94. The summed E-state index contributed by atoms with van der Waals surface area (Å²) in [5.74, 6) is -0.775. The number of aliphatic carboxylic acids is 1. The molecule has 0 aliphatic carbocycles. The third-order valence-corrected chi connectivity index (χ3v) is 7.84. The predicted octanol–water partition coefficient (Wildman–Crippen LogP) is 5.41. The number of halogens is 3. The zero-order valence-electron chi connectivity index (χ0n) is 23.2. The number of benzene rings is 2. The van der Waals surface area contributed by atoms with Gasteiger partial charge in [0.05, 0.1) is 24.7 Å². The number of piperidine rings is 1. The van der Waals surface area contributed by atoms with Gasteiger partial charge in [0, 0.05) is 48.8 Å². The van der Waals surface area contributed by atoms with Crippen LogP contribution in [0.25, 0.3) is 10.9 Å². The van der Waals surface area contributed by atoms with Gasteiger partial charge in [-0.2, -0.15) is 18.4 Å². The van der Waals surface area contributed by atoms with E-state index in [-0.39, 0.29) is 30.1 Å². The fourth-order valence-corrected chi connectivity index (χ4v) is 5.52. The molecule has 11 heteroatoms. The number of hydrogen-bond donors (Lipinski definition) is 2. The Hall–Kier alpha value is -3.75. The molecule has 0 saturated carbocycles. The predicted molar refractivity (Wildman–Crippen MR) is 146 cm³/mol. The highest BCUT2D eigenvalue weighted by Crippen LogP contribution is 2.44. The van der Waals surface area contributed by atoms with Gasteiger partial charge in [-0.05, 0) is 56.0 Å². The van der Waals surface area contributed by atoms with Crippen molar-refractivity contribution in [3.63, 3.8) is 0 Å². The monoisotopic (exact) mass is 573 g/mol. The van der Waals surface area contributed by atoms with Crippen molar-refractivity contribution < 1.29 is 37.7 Å². The zero-order valence-corrected chi connectivity index (χ0v) is 23.2. The summed E-state index contributed by atoms with van der Waals surface area (Å²) in [5.41, 5.74) is -1.97. The number of carboxylic acid groups (broad SMARTS) is 1. The van der Waals surface area contributed by atoms with Crippen molar-refractivity contribution in [3.05, 3.63) is 59.3 Å². The van der Waals surface area contributed by atoms with Gasteiger partial charge in [-0.3, -0.25) is 9.69 Å². The summed E-state index contributed by atoms with van der Waals surface area (Å²) >= 11 is 0. The average Bonchev–Trinajstić information content (AvgIpc) is 3.32. The summed E-state index contributed by atoms with van der Waals surface area (Å²) < 4.78 is 56.8. The van der Waals surface area contributed by atoms with Crippen molar-refractivity contribution in [2.45, 2.75) is 63.5 Å². The lowest BCUT2D eigenvalue weighted by Gasteiger charge is -2.39. The van der Waals surface area contributed by atoms with Gasteiger partial charge in [-0.25, -0.2) is 0 Å². The third kappa shape index (κ3) is 5.99. The molecule has 3 aromatic rings. The van der Waals surface area contributed by atoms with Crippen molar-refractivity contribution in [3.8, 4) is 17.6 Å². The molecule has 0 amide bonds. The fourth-order valence-electron chi connectivity index (χ4n) is 5.52. The Bertz CT molecular complexity index is 1440. The molecule has 220 valence electrons. The number of nitriles is 1. The molecule has 4 rings (SSSR count). The summed E-state index contributed by atoms with van der Waals surface area (Å²) in [6, 6.07) is 11.4. The maximum atomic E-state index is 14.5. The Labute approximate surface area is 236 Å². The molecule has 0 bridgehead atoms. The van der Waals surface area contributed by atoms with Crippen LogP contribution in [0.1, 0.15) is 55.7 Å². The lowest BCUT2D eigenvalue weighted by molar-refractivity contribution is -0.272. The first-order valence-electron chi connectivity index (χ1n) is 13.6. The summed E-state index contributed by atoms with van der Waals surface area (Å²) in [6.45, 7) is 3.85. The Morgan fingerprint density at radius 2 is 1.85 bits per heavy atom. The molecule has 1 aliphatic rings. The second-order valence-electron chi connectivity index (χ2n) is 10.3. The number of carbonyl (C=O) groups is 1. The number of hydrogen-bond acceptors (Lipinski definition) is 6. The molecular weight excluding hydrogens is 539 g/mol. The normalized spacial score (nSPS) is 17.1. The average molecular weight is 574 g/mol. The molecule has 2 unspecified atom stereocenters. The second-order valence-corrected chi connectivity index (χ2v) is 10.3. The molecule has 1 aromatic heterocycles. The molecule has 0 spiro atoms. The van der Waals surface area contributed by atoms with E-state index in [0.29, 0.717) is 53.9 Å². The van der Waals surface area contributed by atoms with Gasteiger partial charge in [0.2, 0.25) is 5.60 Å². The van der Waals surface area contributed by atoms with Crippen molar-refractivity contribution in [1.82, 2.24) is 9.47 Å². The molecule has 1 aliphatic heterocycles. The van der Waals surface area contributed by atoms with E-state index in [1.54, 1.807) is 41.5 Å². The van der Waals surface area contributed by atoms with Crippen LogP contribution < -0.4 is 9.47 Å². The number of fused-ring (bicyclic) bond motifs is 1. The number of aromatic nitrogens is 1. The summed E-state index contributed by atoms with van der Waals surface area (Å²) in [4.78, 5) is 13.1. The minimum Gasteiger partial charge on any atom is -0.493 e. The SMILES string of the molecule is CCC(C(=O)O)c1ccc(OC2CCN(CC(O)(c3cn(CC)c4cc(C#N)ccc34)C(F)(F)F)CC2)c(OC)c1. The van der Waals surface area contributed by atoms with E-state index >= 15 is 0 Å². The maximum absolute atomic E-state index is 14.5. The van der Waals surface area contributed by atoms with Gasteiger partial charge < -0.3 is 24.3 Å². The highest BCUT2D eigenvalue weighted by Gasteiger charge is 2.57. The number of β-amino-alcohol motifs (C(OH)–C–C–N with tert-alkyl or cyclic N) is 1. The van der Waals surface area contributed by atoms with Crippen molar-refractivity contribution in [2.24, 2.45) is 0 Å². The van der Waals surface area contributed by atoms with E-state index < -0.39 is 30.2 Å². The molecule has 2 heterocycles. The fraction of sp³-hybridized carbons (Fsp3) is 0.467. The van der Waals surface area contributed by atoms with Gasteiger partial charge in [0.15, 0.2) is 11.5 Å². The van der Waals surface area contributed by atoms with Crippen LogP contribution in [-0.4, -0.2) is 64.7 Å². The first-order chi connectivity index (χ1) is 19.4. The molecular formula is C30H34F3N3O5. The van der Waals surface area contributed by atoms with Crippen LogP contribution in [0, 0.1) is 11.3 Å². The number of rotatable bonds is 10. The Morgan fingerprint density at radius 1 is 1.15 bits per heavy atom. The summed E-state index contributed by atoms with van der Waals surface area (Å²) in [5, 5.41) is 30.2. The molecule has 41 heavy (non-hydrogen) atoms. The van der Waals surface area contributed by atoms with Crippen LogP contribution in [0.4, 0.5) is 13.2 Å². The van der Waals surface area contributed by atoms with Crippen molar-refractivity contribution >= 4 is 16.9 Å². The van der Waals surface area contributed by atoms with E-state index in [1.165, 1.54) is 31.5 Å². The van der Waals surface area contributed by atoms with Crippen LogP contribution in [0.15, 0.2) is 42.6 Å². The van der Waals surface area contributed by atoms with E-state index in [2.05, 4.69) is 0 Å². The van der Waals surface area contributed by atoms with Crippen LogP contribution in [-0.2, 0) is 16.9 Å². The Morgan fingerprint density at radius 3 is 2.41 bits per heavy atom. The first kappa shape index (κ1) is 30.2. The molecule has 8 nitrogen and oxygen atoms in total. The second kappa shape index (κ2) is 12.0. The van der Waals surface area contributed by atoms with Crippen LogP contribution in [0.3, 0.4) is 0 Å². The number of aliphatic hydroxyl groups is 1. The number of carboxylic acids is 1. The van der Waals surface area contributed by atoms with Crippen LogP contribution >= 0.6 is 0 Å². The Kier molecular flexibility index (Phi) is 8.85. The van der Waals surface area contributed by atoms with E-state index in [9.17, 15) is 33.4 Å². The standard InChI is InChI=1S/C30H34F3N3O5/c1-4-22(28(37)38)20-7-9-26(27(15-20)40-3)41-21-10-12-35(13-11-21)18-29(39,30(31,32)33)24-17-36(5-2)25-14-19(16-34)6-8-23(24)25/h6-9,14-15,17,21-22,39H,4-5,10-13,18H2,1-3H3,(H,37,38). The lowest BCUT2D eigenvalue weighted by Crippen LogP contribution is -2.53. The van der Waals surface area contributed by atoms with Gasteiger partial charge in [-0.1, -0.05) is 19.1 Å². The van der Waals surface area contributed by atoms with Gasteiger partial charge in [0.25, 0.3) is 0 Å². The lowest BCUT2D eigenvalue weighted by atomic mass is 9.90.